The van der Waals surface area contributed by atoms with Gasteiger partial charge in [-0.2, -0.15) is 23.5 Å². The first-order valence-corrected chi connectivity index (χ1v) is 8.96. The molecule has 1 fully saturated rings. The number of hydrogen-bond donors (Lipinski definition) is 1. The second-order valence-corrected chi connectivity index (χ2v) is 7.72. The van der Waals surface area contributed by atoms with Crippen molar-refractivity contribution in [2.75, 3.05) is 18.1 Å². The van der Waals surface area contributed by atoms with Crippen molar-refractivity contribution in [3.8, 4) is 0 Å². The summed E-state index contributed by atoms with van der Waals surface area (Å²) >= 11 is 4.10. The molecule has 0 bridgehead atoms. The Bertz CT molecular complexity index is 425. The van der Waals surface area contributed by atoms with Gasteiger partial charge in [-0.15, -0.1) is 0 Å². The zero-order chi connectivity index (χ0) is 13.8. The van der Waals surface area contributed by atoms with Crippen LogP contribution in [0.25, 0.3) is 0 Å². The monoisotopic (exact) mass is 299 g/mol. The molecule has 3 unspecified atom stereocenters. The molecule has 0 radical (unpaired) electrons. The second-order valence-electron chi connectivity index (χ2n) is 4.95. The van der Waals surface area contributed by atoms with E-state index in [1.807, 2.05) is 24.8 Å². The van der Waals surface area contributed by atoms with Crippen LogP contribution in [-0.2, 0) is 0 Å². The van der Waals surface area contributed by atoms with E-state index >= 15 is 0 Å². The molecule has 1 aliphatic rings. The quantitative estimate of drug-likeness (QED) is 0.902. The van der Waals surface area contributed by atoms with E-state index in [0.717, 1.165) is 12.1 Å². The molecule has 0 spiro atoms. The van der Waals surface area contributed by atoms with Gasteiger partial charge in [-0.3, -0.25) is 0 Å². The molecule has 1 heterocycles. The van der Waals surface area contributed by atoms with Crippen LogP contribution in [-0.4, -0.2) is 28.6 Å². The van der Waals surface area contributed by atoms with Crippen LogP contribution in [0.2, 0.25) is 0 Å². The van der Waals surface area contributed by atoms with E-state index in [0.29, 0.717) is 16.5 Å². The number of aryl methyl sites for hydroxylation is 1. The van der Waals surface area contributed by atoms with Crippen LogP contribution in [0.4, 0.5) is 4.39 Å². The molecule has 0 aliphatic carbocycles. The van der Waals surface area contributed by atoms with Crippen molar-refractivity contribution in [1.82, 2.24) is 5.32 Å². The van der Waals surface area contributed by atoms with Crippen LogP contribution < -0.4 is 5.32 Å². The van der Waals surface area contributed by atoms with Crippen molar-refractivity contribution >= 4 is 23.5 Å². The minimum Gasteiger partial charge on any atom is -0.309 e. The number of benzene rings is 1. The molecule has 1 N–H and O–H groups in total. The van der Waals surface area contributed by atoms with Gasteiger partial charge in [-0.1, -0.05) is 19.9 Å². The van der Waals surface area contributed by atoms with Crippen LogP contribution >= 0.6 is 23.5 Å². The van der Waals surface area contributed by atoms with Crippen molar-refractivity contribution < 1.29 is 4.39 Å². The Morgan fingerprint density at radius 3 is 2.74 bits per heavy atom. The highest BCUT2D eigenvalue weighted by Crippen LogP contribution is 2.39. The normalized spacial score (nSPS) is 25.3. The molecule has 1 aromatic carbocycles. The van der Waals surface area contributed by atoms with E-state index in [4.69, 9.17) is 0 Å². The van der Waals surface area contributed by atoms with Crippen molar-refractivity contribution in [3.05, 3.63) is 35.1 Å². The summed E-state index contributed by atoms with van der Waals surface area (Å²) in [5.41, 5.74) is 2.30. The van der Waals surface area contributed by atoms with Crippen molar-refractivity contribution in [2.24, 2.45) is 0 Å². The molecule has 1 aliphatic heterocycles. The zero-order valence-corrected chi connectivity index (χ0v) is 13.4. The molecule has 0 saturated carbocycles. The van der Waals surface area contributed by atoms with E-state index in [1.165, 1.54) is 17.1 Å². The average molecular weight is 299 g/mol. The van der Waals surface area contributed by atoms with Crippen LogP contribution in [0.15, 0.2) is 18.2 Å². The average Bonchev–Trinajstić information content (AvgIpc) is 2.38. The fourth-order valence-corrected chi connectivity index (χ4v) is 5.57. The van der Waals surface area contributed by atoms with Gasteiger partial charge in [0.1, 0.15) is 5.82 Å². The Morgan fingerprint density at radius 2 is 2.11 bits per heavy atom. The number of halogens is 1. The zero-order valence-electron chi connectivity index (χ0n) is 11.8. The van der Waals surface area contributed by atoms with Crippen LogP contribution in [0.1, 0.15) is 31.0 Å². The Hall–Kier alpha value is -0.190. The third kappa shape index (κ3) is 3.67. The first-order chi connectivity index (χ1) is 9.13. The highest BCUT2D eigenvalue weighted by atomic mass is 32.2. The lowest BCUT2D eigenvalue weighted by atomic mass is 9.97. The molecule has 106 valence electrons. The molecule has 0 amide bonds. The van der Waals surface area contributed by atoms with Gasteiger partial charge in [-0.05, 0) is 36.7 Å². The summed E-state index contributed by atoms with van der Waals surface area (Å²) in [4.78, 5) is 0. The lowest BCUT2D eigenvalue weighted by Gasteiger charge is -2.35. The van der Waals surface area contributed by atoms with Crippen molar-refractivity contribution in [3.63, 3.8) is 0 Å². The van der Waals surface area contributed by atoms with Crippen LogP contribution in [0.3, 0.4) is 0 Å². The number of thioether (sulfide) groups is 2. The molecule has 4 heteroatoms. The minimum atomic E-state index is -0.143. The third-order valence-electron chi connectivity index (χ3n) is 3.56. The summed E-state index contributed by atoms with van der Waals surface area (Å²) in [5.74, 6) is 2.31. The fraction of sp³-hybridized carbons (Fsp3) is 0.600. The van der Waals surface area contributed by atoms with Crippen molar-refractivity contribution in [2.45, 2.75) is 37.3 Å². The molecule has 0 aromatic heterocycles. The molecule has 2 rings (SSSR count). The first kappa shape index (κ1) is 15.2. The predicted molar refractivity (Wildman–Crippen MR) is 85.7 cm³/mol. The van der Waals surface area contributed by atoms with Gasteiger partial charge in [0.2, 0.25) is 0 Å². The predicted octanol–water partition coefficient (Wildman–Crippen LogP) is 4.02. The summed E-state index contributed by atoms with van der Waals surface area (Å²) in [5, 5.41) is 4.79. The fourth-order valence-electron chi connectivity index (χ4n) is 2.63. The molecule has 19 heavy (non-hydrogen) atoms. The molecule has 1 nitrogen and oxygen atoms in total. The van der Waals surface area contributed by atoms with Crippen LogP contribution in [0.5, 0.6) is 0 Å². The van der Waals surface area contributed by atoms with Gasteiger partial charge in [0.25, 0.3) is 0 Å². The maximum absolute atomic E-state index is 13.3. The van der Waals surface area contributed by atoms with Crippen LogP contribution in [0, 0.1) is 12.7 Å². The van der Waals surface area contributed by atoms with E-state index in [1.54, 1.807) is 12.1 Å². The number of rotatable bonds is 4. The smallest absolute Gasteiger partial charge is 0.123 e. The maximum atomic E-state index is 13.3. The molecule has 1 aromatic rings. The van der Waals surface area contributed by atoms with E-state index in [-0.39, 0.29) is 5.82 Å². The summed E-state index contributed by atoms with van der Waals surface area (Å²) in [6.07, 6.45) is 0. The van der Waals surface area contributed by atoms with E-state index < -0.39 is 0 Å². The van der Waals surface area contributed by atoms with Gasteiger partial charge in [-0.25, -0.2) is 4.39 Å². The summed E-state index contributed by atoms with van der Waals surface area (Å²) in [6.45, 7) is 7.39. The molecule has 1 saturated heterocycles. The van der Waals surface area contributed by atoms with E-state index in [9.17, 15) is 4.39 Å². The summed E-state index contributed by atoms with van der Waals surface area (Å²) < 4.78 is 13.3. The van der Waals surface area contributed by atoms with Gasteiger partial charge >= 0.3 is 0 Å². The highest BCUT2D eigenvalue weighted by molar-refractivity contribution is 8.07. The van der Waals surface area contributed by atoms with Crippen molar-refractivity contribution in [1.29, 1.82) is 0 Å². The summed E-state index contributed by atoms with van der Waals surface area (Å²) in [7, 11) is 0. The first-order valence-electron chi connectivity index (χ1n) is 6.86. The second kappa shape index (κ2) is 7.00. The Labute approximate surface area is 124 Å². The number of hydrogen-bond acceptors (Lipinski definition) is 3. The summed E-state index contributed by atoms with van der Waals surface area (Å²) in [6, 6.07) is 5.49. The lowest BCUT2D eigenvalue weighted by molar-refractivity contribution is 0.521. The minimum absolute atomic E-state index is 0.143. The number of nitrogens with one attached hydrogen (secondary N) is 1. The van der Waals surface area contributed by atoms with Gasteiger partial charge < -0.3 is 5.32 Å². The molecular formula is C15H22FNS2. The van der Waals surface area contributed by atoms with Gasteiger partial charge in [0, 0.05) is 28.0 Å². The SMILES string of the molecule is CCNC(c1ccc(F)cc1C)C1SCCSC1C. The Kier molecular flexibility index (Phi) is 5.60. The van der Waals surface area contributed by atoms with E-state index in [2.05, 4.69) is 30.9 Å². The molecule has 3 atom stereocenters. The highest BCUT2D eigenvalue weighted by Gasteiger charge is 2.31. The topological polar surface area (TPSA) is 12.0 Å². The van der Waals surface area contributed by atoms with Gasteiger partial charge in [0.05, 0.1) is 0 Å². The van der Waals surface area contributed by atoms with Gasteiger partial charge in [0.15, 0.2) is 0 Å². The Morgan fingerprint density at radius 1 is 1.37 bits per heavy atom. The lowest BCUT2D eigenvalue weighted by Crippen LogP contribution is -2.38. The standard InChI is InChI=1S/C15H22FNS2/c1-4-17-14(15-11(3)18-7-8-19-15)13-6-5-12(16)9-10(13)2/h5-6,9,11,14-15,17H,4,7-8H2,1-3H3. The third-order valence-corrected chi connectivity index (χ3v) is 6.75. The Balaban J connectivity index is 2.27. The molecular weight excluding hydrogens is 277 g/mol. The largest absolute Gasteiger partial charge is 0.309 e. The maximum Gasteiger partial charge on any atom is 0.123 e.